The van der Waals surface area contributed by atoms with Gasteiger partial charge < -0.3 is 9.90 Å². The van der Waals surface area contributed by atoms with Crippen molar-refractivity contribution in [3.05, 3.63) is 21.9 Å². The number of halogens is 2. The van der Waals surface area contributed by atoms with Crippen molar-refractivity contribution >= 4 is 29.2 Å². The molecule has 0 saturated heterocycles. The summed E-state index contributed by atoms with van der Waals surface area (Å²) in [5.74, 6) is -1.43. The molecule has 1 aromatic rings. The molecule has 0 aliphatic heterocycles. The molecule has 1 heterocycles. The molecule has 4 nitrogen and oxygen atoms in total. The van der Waals surface area contributed by atoms with Gasteiger partial charge in [-0.15, -0.1) is 10.2 Å². The Bertz CT molecular complexity index is 307. The van der Waals surface area contributed by atoms with E-state index < -0.39 is 5.97 Å². The maximum Gasteiger partial charge on any atom is 1.00 e. The number of aromatic nitrogens is 2. The molecule has 1 rings (SSSR count). The third-order valence-corrected chi connectivity index (χ3v) is 1.58. The molecule has 1 aromatic heterocycles. The molecule has 0 radical (unpaired) electrons. The Morgan fingerprint density at radius 3 is 2.42 bits per heavy atom. The fourth-order valence-corrected chi connectivity index (χ4v) is 0.687. The number of rotatable bonds is 1. The van der Waals surface area contributed by atoms with Crippen LogP contribution in [0.2, 0.25) is 10.2 Å². The van der Waals surface area contributed by atoms with Gasteiger partial charge in [0, 0.05) is 0 Å². The standard InChI is InChI=1S/C5H2Cl2N2O2.Li/c6-2-1-3(5(10)11)8-9-4(2)7;/h1H,(H,10,11);/q;+1/p-1. The van der Waals surface area contributed by atoms with E-state index in [1.54, 1.807) is 0 Å². The second kappa shape index (κ2) is 4.68. The maximum atomic E-state index is 10.1. The Kier molecular flexibility index (Phi) is 4.57. The van der Waals surface area contributed by atoms with Gasteiger partial charge in [0.15, 0.2) is 5.15 Å². The molecule has 0 fully saturated rings. The van der Waals surface area contributed by atoms with Crippen molar-refractivity contribution in [3.8, 4) is 0 Å². The van der Waals surface area contributed by atoms with Gasteiger partial charge in [0.05, 0.1) is 11.0 Å². The molecule has 0 atom stereocenters. The fourth-order valence-electron chi connectivity index (χ4n) is 0.454. The fraction of sp³-hybridized carbons (Fsp3) is 0. The van der Waals surface area contributed by atoms with E-state index in [2.05, 4.69) is 10.2 Å². The molecule has 0 saturated carbocycles. The summed E-state index contributed by atoms with van der Waals surface area (Å²) in [6.07, 6.45) is 0. The van der Waals surface area contributed by atoms with Crippen molar-refractivity contribution in [2.24, 2.45) is 0 Å². The molecule has 0 amide bonds. The van der Waals surface area contributed by atoms with E-state index in [9.17, 15) is 9.90 Å². The third kappa shape index (κ3) is 2.65. The molecule has 0 aliphatic carbocycles. The molecule has 0 N–H and O–H groups in total. The molecule has 0 unspecified atom stereocenters. The predicted octanol–water partition coefficient (Wildman–Crippen LogP) is -2.85. The first-order valence-corrected chi connectivity index (χ1v) is 3.27. The summed E-state index contributed by atoms with van der Waals surface area (Å²) in [6, 6.07) is 1.08. The van der Waals surface area contributed by atoms with Crippen molar-refractivity contribution in [1.82, 2.24) is 10.2 Å². The first-order valence-electron chi connectivity index (χ1n) is 2.51. The van der Waals surface area contributed by atoms with E-state index in [0.717, 1.165) is 6.07 Å². The van der Waals surface area contributed by atoms with E-state index in [1.165, 1.54) is 0 Å². The zero-order chi connectivity index (χ0) is 8.43. The van der Waals surface area contributed by atoms with Gasteiger partial charge in [-0.1, -0.05) is 23.2 Å². The maximum absolute atomic E-state index is 10.1. The van der Waals surface area contributed by atoms with Gasteiger partial charge in [0.2, 0.25) is 0 Å². The number of hydrogen-bond acceptors (Lipinski definition) is 4. The van der Waals surface area contributed by atoms with Crippen molar-refractivity contribution < 1.29 is 28.8 Å². The summed E-state index contributed by atoms with van der Waals surface area (Å²) in [7, 11) is 0. The SMILES string of the molecule is O=C([O-])c1cc(Cl)c(Cl)nn1.[Li+]. The van der Waals surface area contributed by atoms with Crippen LogP contribution in [0.15, 0.2) is 6.07 Å². The second-order valence-corrected chi connectivity index (χ2v) is 2.42. The Labute approximate surface area is 90.1 Å². The Morgan fingerprint density at radius 2 is 2.00 bits per heavy atom. The van der Waals surface area contributed by atoms with Crippen molar-refractivity contribution in [1.29, 1.82) is 0 Å². The number of nitrogens with zero attached hydrogens (tertiary/aromatic N) is 2. The zero-order valence-electron chi connectivity index (χ0n) is 6.04. The van der Waals surface area contributed by atoms with Gasteiger partial charge in [0.1, 0.15) is 5.69 Å². The summed E-state index contributed by atoms with van der Waals surface area (Å²) in [6.45, 7) is 0. The van der Waals surface area contributed by atoms with Crippen LogP contribution in [-0.4, -0.2) is 16.2 Å². The average molecular weight is 199 g/mol. The smallest absolute Gasteiger partial charge is 0.543 e. The normalized spacial score (nSPS) is 8.83. The predicted molar refractivity (Wildman–Crippen MR) is 36.4 cm³/mol. The minimum Gasteiger partial charge on any atom is -0.543 e. The van der Waals surface area contributed by atoms with Gasteiger partial charge in [0.25, 0.3) is 0 Å². The average Bonchev–Trinajstić information content (AvgIpc) is 1.94. The van der Waals surface area contributed by atoms with Crippen molar-refractivity contribution in [3.63, 3.8) is 0 Å². The minimum absolute atomic E-state index is 0. The minimum atomic E-state index is -1.43. The number of carbonyl (C=O) groups is 1. The molecule has 58 valence electrons. The van der Waals surface area contributed by atoms with Crippen LogP contribution in [0.3, 0.4) is 0 Å². The van der Waals surface area contributed by atoms with Crippen LogP contribution < -0.4 is 24.0 Å². The molecule has 12 heavy (non-hydrogen) atoms. The van der Waals surface area contributed by atoms with Gasteiger partial charge in [-0.3, -0.25) is 0 Å². The van der Waals surface area contributed by atoms with Crippen molar-refractivity contribution in [2.45, 2.75) is 0 Å². The molecule has 0 bridgehead atoms. The summed E-state index contributed by atoms with van der Waals surface area (Å²) in [4.78, 5) is 10.1. The molecule has 0 aromatic carbocycles. The van der Waals surface area contributed by atoms with E-state index in [0.29, 0.717) is 0 Å². The number of aromatic carboxylic acids is 1. The summed E-state index contributed by atoms with van der Waals surface area (Å²) in [5, 5.41) is 16.6. The third-order valence-electron chi connectivity index (χ3n) is 0.915. The number of carboxylic acids is 1. The largest absolute Gasteiger partial charge is 1.00 e. The van der Waals surface area contributed by atoms with E-state index in [-0.39, 0.29) is 34.7 Å². The molecule has 0 spiro atoms. The Morgan fingerprint density at radius 1 is 1.42 bits per heavy atom. The van der Waals surface area contributed by atoms with Crippen molar-refractivity contribution in [2.75, 3.05) is 0 Å². The van der Waals surface area contributed by atoms with Crippen LogP contribution in [0.1, 0.15) is 10.5 Å². The quantitative estimate of drug-likeness (QED) is 0.456. The molecule has 0 aliphatic rings. The Hall–Kier alpha value is -0.273. The Balaban J connectivity index is 0.00000121. The number of carbonyl (C=O) groups excluding carboxylic acids is 1. The summed E-state index contributed by atoms with van der Waals surface area (Å²) >= 11 is 10.8. The zero-order valence-corrected chi connectivity index (χ0v) is 7.56. The van der Waals surface area contributed by atoms with Crippen LogP contribution in [0.5, 0.6) is 0 Å². The van der Waals surface area contributed by atoms with Crippen LogP contribution >= 0.6 is 23.2 Å². The monoisotopic (exact) mass is 198 g/mol. The van der Waals surface area contributed by atoms with Crippen LogP contribution in [-0.2, 0) is 0 Å². The number of hydrogen-bond donors (Lipinski definition) is 0. The van der Waals surface area contributed by atoms with Gasteiger partial charge in [-0.25, -0.2) is 0 Å². The van der Waals surface area contributed by atoms with Crippen LogP contribution in [0.25, 0.3) is 0 Å². The van der Waals surface area contributed by atoms with E-state index in [4.69, 9.17) is 23.2 Å². The molecular weight excluding hydrogens is 198 g/mol. The van der Waals surface area contributed by atoms with Gasteiger partial charge in [-0.2, -0.15) is 0 Å². The first kappa shape index (κ1) is 11.7. The number of carboxylic acid groups (broad SMARTS) is 1. The first-order chi connectivity index (χ1) is 5.11. The molecule has 7 heteroatoms. The van der Waals surface area contributed by atoms with Gasteiger partial charge in [-0.05, 0) is 6.07 Å². The topological polar surface area (TPSA) is 65.9 Å². The summed E-state index contributed by atoms with van der Waals surface area (Å²) < 4.78 is 0. The van der Waals surface area contributed by atoms with E-state index >= 15 is 0 Å². The van der Waals surface area contributed by atoms with Gasteiger partial charge >= 0.3 is 18.9 Å². The molecular formula is C5HCl2LiN2O2. The van der Waals surface area contributed by atoms with Crippen LogP contribution in [0.4, 0.5) is 0 Å². The second-order valence-electron chi connectivity index (χ2n) is 1.66. The van der Waals surface area contributed by atoms with E-state index in [1.807, 2.05) is 0 Å². The van der Waals surface area contributed by atoms with Crippen LogP contribution in [0, 0.1) is 0 Å². The summed E-state index contributed by atoms with van der Waals surface area (Å²) in [5.41, 5.74) is -0.334.